The van der Waals surface area contributed by atoms with Gasteiger partial charge in [-0.1, -0.05) is 23.7 Å². The van der Waals surface area contributed by atoms with E-state index < -0.39 is 15.8 Å². The minimum atomic E-state index is -3.28. The van der Waals surface area contributed by atoms with E-state index in [9.17, 15) is 13.2 Å². The molecule has 0 saturated carbocycles. The molecule has 0 amide bonds. The van der Waals surface area contributed by atoms with Crippen LogP contribution in [0.25, 0.3) is 11.1 Å². The number of carboxylic acid groups (broad SMARTS) is 1. The van der Waals surface area contributed by atoms with Gasteiger partial charge in [-0.3, -0.25) is 0 Å². The summed E-state index contributed by atoms with van der Waals surface area (Å²) in [5.41, 5.74) is 1.16. The number of carbonyl (C=O) groups is 1. The van der Waals surface area contributed by atoms with Crippen LogP contribution in [0.5, 0.6) is 0 Å². The van der Waals surface area contributed by atoms with Crippen LogP contribution in [0.4, 0.5) is 0 Å². The summed E-state index contributed by atoms with van der Waals surface area (Å²) in [6, 6.07) is 10.5. The van der Waals surface area contributed by atoms with Crippen molar-refractivity contribution in [3.05, 3.63) is 53.1 Å². The summed E-state index contributed by atoms with van der Waals surface area (Å²) in [4.78, 5) is 11.4. The van der Waals surface area contributed by atoms with Gasteiger partial charge in [0.1, 0.15) is 0 Å². The Bertz CT molecular complexity index is 764. The van der Waals surface area contributed by atoms with Crippen molar-refractivity contribution in [2.75, 3.05) is 6.26 Å². The maximum Gasteiger partial charge on any atom is 0.336 e. The van der Waals surface area contributed by atoms with Crippen LogP contribution in [0.1, 0.15) is 10.4 Å². The Balaban J connectivity index is 2.57. The quantitative estimate of drug-likeness (QED) is 0.945. The maximum atomic E-state index is 11.4. The molecule has 0 unspecified atom stereocenters. The van der Waals surface area contributed by atoms with E-state index in [1.54, 1.807) is 18.2 Å². The molecule has 0 aliphatic heterocycles. The molecule has 2 rings (SSSR count). The number of benzene rings is 2. The molecule has 0 aliphatic carbocycles. The molecular weight excluding hydrogens is 300 g/mol. The second-order valence-electron chi connectivity index (χ2n) is 4.29. The van der Waals surface area contributed by atoms with Crippen molar-refractivity contribution in [3.63, 3.8) is 0 Å². The van der Waals surface area contributed by atoms with Crippen molar-refractivity contribution in [1.82, 2.24) is 0 Å². The maximum absolute atomic E-state index is 11.4. The van der Waals surface area contributed by atoms with Crippen LogP contribution in [0, 0.1) is 0 Å². The predicted octanol–water partition coefficient (Wildman–Crippen LogP) is 3.11. The summed E-state index contributed by atoms with van der Waals surface area (Å²) in [6.07, 6.45) is 1.12. The number of sulfone groups is 1. The first-order valence-electron chi connectivity index (χ1n) is 5.62. The van der Waals surface area contributed by atoms with Gasteiger partial charge in [-0.2, -0.15) is 0 Å². The highest BCUT2D eigenvalue weighted by atomic mass is 35.5. The van der Waals surface area contributed by atoms with Gasteiger partial charge in [0.2, 0.25) is 0 Å². The highest BCUT2D eigenvalue weighted by molar-refractivity contribution is 7.90. The summed E-state index contributed by atoms with van der Waals surface area (Å²) in [6.45, 7) is 0. The average molecular weight is 311 g/mol. The van der Waals surface area contributed by atoms with E-state index in [2.05, 4.69) is 0 Å². The Hall–Kier alpha value is -1.85. The number of aromatic carboxylic acids is 1. The molecule has 6 heteroatoms. The topological polar surface area (TPSA) is 71.4 Å². The molecule has 0 aromatic heterocycles. The Morgan fingerprint density at radius 1 is 1.10 bits per heavy atom. The smallest absolute Gasteiger partial charge is 0.336 e. The van der Waals surface area contributed by atoms with Gasteiger partial charge in [-0.25, -0.2) is 13.2 Å². The van der Waals surface area contributed by atoms with Crippen LogP contribution < -0.4 is 0 Å². The number of carboxylic acids is 1. The lowest BCUT2D eigenvalue weighted by atomic mass is 10.00. The van der Waals surface area contributed by atoms with Crippen LogP contribution in [0.3, 0.4) is 0 Å². The lowest BCUT2D eigenvalue weighted by Gasteiger charge is -2.08. The predicted molar refractivity (Wildman–Crippen MR) is 77.0 cm³/mol. The van der Waals surface area contributed by atoms with E-state index in [0.717, 1.165) is 6.26 Å². The molecule has 2 aromatic rings. The summed E-state index contributed by atoms with van der Waals surface area (Å²) in [5, 5.41) is 9.58. The third-order valence-electron chi connectivity index (χ3n) is 2.81. The molecule has 0 bridgehead atoms. The van der Waals surface area contributed by atoms with Gasteiger partial charge < -0.3 is 5.11 Å². The Kier molecular flexibility index (Phi) is 3.83. The molecule has 2 aromatic carbocycles. The molecular formula is C14H11ClO4S. The van der Waals surface area contributed by atoms with Crippen LogP contribution in [0.2, 0.25) is 5.02 Å². The molecule has 20 heavy (non-hydrogen) atoms. The van der Waals surface area contributed by atoms with Crippen molar-refractivity contribution in [2.45, 2.75) is 4.90 Å². The zero-order valence-electron chi connectivity index (χ0n) is 10.5. The molecule has 0 fully saturated rings. The van der Waals surface area contributed by atoms with Crippen LogP contribution in [0.15, 0.2) is 47.4 Å². The van der Waals surface area contributed by atoms with E-state index in [-0.39, 0.29) is 10.5 Å². The van der Waals surface area contributed by atoms with Gasteiger partial charge in [-0.05, 0) is 41.5 Å². The van der Waals surface area contributed by atoms with Gasteiger partial charge in [0.15, 0.2) is 9.84 Å². The van der Waals surface area contributed by atoms with Gasteiger partial charge in [0, 0.05) is 11.3 Å². The highest BCUT2D eigenvalue weighted by Gasteiger charge is 2.13. The summed E-state index contributed by atoms with van der Waals surface area (Å²) < 4.78 is 22.8. The lowest BCUT2D eigenvalue weighted by molar-refractivity contribution is 0.0697. The first kappa shape index (κ1) is 14.6. The third kappa shape index (κ3) is 3.00. The molecule has 0 saturated heterocycles. The number of hydrogen-bond donors (Lipinski definition) is 1. The van der Waals surface area contributed by atoms with Gasteiger partial charge in [-0.15, -0.1) is 0 Å². The summed E-state index contributed by atoms with van der Waals surface area (Å²) in [5.74, 6) is -1.07. The van der Waals surface area contributed by atoms with Crippen LogP contribution >= 0.6 is 11.6 Å². The number of halogens is 1. The van der Waals surface area contributed by atoms with Gasteiger partial charge >= 0.3 is 5.97 Å². The Morgan fingerprint density at radius 3 is 2.20 bits per heavy atom. The Morgan fingerprint density at radius 2 is 1.70 bits per heavy atom. The lowest BCUT2D eigenvalue weighted by Crippen LogP contribution is -2.00. The third-order valence-corrected chi connectivity index (χ3v) is 4.17. The standard InChI is InChI=1S/C14H11ClO4S/c1-20(18,19)11-5-2-9(3-6-11)13-8-10(15)4-7-12(13)14(16)17/h2-8H,1H3,(H,16,17). The van der Waals surface area contributed by atoms with E-state index in [1.165, 1.54) is 24.3 Å². The first-order valence-corrected chi connectivity index (χ1v) is 7.89. The number of rotatable bonds is 3. The molecule has 4 nitrogen and oxygen atoms in total. The fraction of sp³-hybridized carbons (Fsp3) is 0.0714. The van der Waals surface area contributed by atoms with Crippen molar-refractivity contribution in [2.24, 2.45) is 0 Å². The molecule has 0 heterocycles. The fourth-order valence-corrected chi connectivity index (χ4v) is 2.63. The van der Waals surface area contributed by atoms with Crippen molar-refractivity contribution in [3.8, 4) is 11.1 Å². The SMILES string of the molecule is CS(=O)(=O)c1ccc(-c2cc(Cl)ccc2C(=O)O)cc1. The largest absolute Gasteiger partial charge is 0.478 e. The molecule has 104 valence electrons. The zero-order valence-corrected chi connectivity index (χ0v) is 12.1. The fourth-order valence-electron chi connectivity index (χ4n) is 1.82. The van der Waals surface area contributed by atoms with Gasteiger partial charge in [0.05, 0.1) is 10.5 Å². The monoisotopic (exact) mass is 310 g/mol. The zero-order chi connectivity index (χ0) is 14.9. The molecule has 0 spiro atoms. The second kappa shape index (κ2) is 5.26. The molecule has 0 atom stereocenters. The highest BCUT2D eigenvalue weighted by Crippen LogP contribution is 2.28. The van der Waals surface area contributed by atoms with E-state index in [1.807, 2.05) is 0 Å². The van der Waals surface area contributed by atoms with Gasteiger partial charge in [0.25, 0.3) is 0 Å². The van der Waals surface area contributed by atoms with Crippen LogP contribution in [-0.2, 0) is 9.84 Å². The van der Waals surface area contributed by atoms with Crippen molar-refractivity contribution >= 4 is 27.4 Å². The van der Waals surface area contributed by atoms with Crippen molar-refractivity contribution in [1.29, 1.82) is 0 Å². The second-order valence-corrected chi connectivity index (χ2v) is 6.74. The van der Waals surface area contributed by atoms with E-state index in [0.29, 0.717) is 16.1 Å². The van der Waals surface area contributed by atoms with E-state index >= 15 is 0 Å². The Labute approximate surface area is 121 Å². The first-order chi connectivity index (χ1) is 9.29. The van der Waals surface area contributed by atoms with Crippen LogP contribution in [-0.4, -0.2) is 25.7 Å². The summed E-state index contributed by atoms with van der Waals surface area (Å²) >= 11 is 5.89. The minimum Gasteiger partial charge on any atom is -0.478 e. The minimum absolute atomic E-state index is 0.113. The summed E-state index contributed by atoms with van der Waals surface area (Å²) in [7, 11) is -3.28. The molecule has 0 radical (unpaired) electrons. The normalized spacial score (nSPS) is 11.3. The van der Waals surface area contributed by atoms with Crippen molar-refractivity contribution < 1.29 is 18.3 Å². The molecule has 1 N–H and O–H groups in total. The number of hydrogen-bond acceptors (Lipinski definition) is 3. The van der Waals surface area contributed by atoms with E-state index in [4.69, 9.17) is 16.7 Å². The average Bonchev–Trinajstić information content (AvgIpc) is 2.37. The molecule has 0 aliphatic rings.